The quantitative estimate of drug-likeness (QED) is 0.710. The maximum Gasteiger partial charge on any atom is 0.416 e. The van der Waals surface area contributed by atoms with E-state index in [2.05, 4.69) is 5.18 Å². The molecule has 0 unspecified atom stereocenters. The van der Waals surface area contributed by atoms with Crippen molar-refractivity contribution in [3.63, 3.8) is 0 Å². The van der Waals surface area contributed by atoms with Gasteiger partial charge in [0.25, 0.3) is 0 Å². The number of hydrogen-bond acceptors (Lipinski definition) is 4. The van der Waals surface area contributed by atoms with Crippen LogP contribution in [0.1, 0.15) is 25.0 Å². The van der Waals surface area contributed by atoms with Crippen molar-refractivity contribution in [1.82, 2.24) is 4.90 Å². The molecule has 0 aliphatic heterocycles. The van der Waals surface area contributed by atoms with E-state index in [0.29, 0.717) is 25.4 Å². The SMILES string of the molecule is CC.Cc1cc(OCCN(C)CCN=O)ccc1C(F)(F)F. The highest BCUT2D eigenvalue weighted by atomic mass is 19.4. The Balaban J connectivity index is 0.00000211. The lowest BCUT2D eigenvalue weighted by molar-refractivity contribution is -0.138. The number of aryl methyl sites for hydroxylation is 1. The normalized spacial score (nSPS) is 10.9. The second-order valence-corrected chi connectivity index (χ2v) is 4.48. The van der Waals surface area contributed by atoms with E-state index in [1.54, 1.807) is 0 Å². The second-order valence-electron chi connectivity index (χ2n) is 4.48. The molecular weight excluding hydrogens is 297 g/mol. The fourth-order valence-corrected chi connectivity index (χ4v) is 1.69. The Morgan fingerprint density at radius 1 is 1.23 bits per heavy atom. The number of hydrogen-bond donors (Lipinski definition) is 0. The average molecular weight is 320 g/mol. The van der Waals surface area contributed by atoms with Crippen LogP contribution < -0.4 is 4.74 Å². The van der Waals surface area contributed by atoms with E-state index in [1.165, 1.54) is 19.1 Å². The van der Waals surface area contributed by atoms with Gasteiger partial charge in [-0.3, -0.25) is 0 Å². The second kappa shape index (κ2) is 10.2. The first-order chi connectivity index (χ1) is 10.3. The average Bonchev–Trinajstić information content (AvgIpc) is 2.46. The van der Waals surface area contributed by atoms with Crippen LogP contribution in [0.4, 0.5) is 13.2 Å². The minimum atomic E-state index is -4.34. The lowest BCUT2D eigenvalue weighted by Crippen LogP contribution is -2.26. The Labute approximate surface area is 129 Å². The van der Waals surface area contributed by atoms with Crippen LogP contribution in [-0.4, -0.2) is 38.2 Å². The van der Waals surface area contributed by atoms with Crippen LogP contribution in [0, 0.1) is 11.8 Å². The van der Waals surface area contributed by atoms with Crippen LogP contribution >= 0.6 is 0 Å². The van der Waals surface area contributed by atoms with Crippen LogP contribution in [0.2, 0.25) is 0 Å². The fourth-order valence-electron chi connectivity index (χ4n) is 1.69. The van der Waals surface area contributed by atoms with Crippen molar-refractivity contribution in [1.29, 1.82) is 0 Å². The predicted molar refractivity (Wildman–Crippen MR) is 81.2 cm³/mol. The van der Waals surface area contributed by atoms with E-state index in [1.807, 2.05) is 25.8 Å². The fraction of sp³-hybridized carbons (Fsp3) is 0.600. The van der Waals surface area contributed by atoms with Crippen molar-refractivity contribution in [3.05, 3.63) is 34.2 Å². The van der Waals surface area contributed by atoms with Crippen LogP contribution in [0.3, 0.4) is 0 Å². The summed E-state index contributed by atoms with van der Waals surface area (Å²) in [4.78, 5) is 11.8. The Kier molecular flexibility index (Phi) is 9.40. The van der Waals surface area contributed by atoms with Gasteiger partial charge in [-0.15, -0.1) is 0 Å². The van der Waals surface area contributed by atoms with Crippen LogP contribution in [0.15, 0.2) is 23.4 Å². The van der Waals surface area contributed by atoms with Gasteiger partial charge in [0.15, 0.2) is 0 Å². The Morgan fingerprint density at radius 2 is 1.86 bits per heavy atom. The van der Waals surface area contributed by atoms with Crippen LogP contribution in [-0.2, 0) is 6.18 Å². The Hall–Kier alpha value is -1.63. The van der Waals surface area contributed by atoms with Gasteiger partial charge in [-0.2, -0.15) is 18.1 Å². The summed E-state index contributed by atoms with van der Waals surface area (Å²) in [6.07, 6.45) is -4.34. The lowest BCUT2D eigenvalue weighted by Gasteiger charge is -2.16. The van der Waals surface area contributed by atoms with Gasteiger partial charge in [0, 0.05) is 13.1 Å². The van der Waals surface area contributed by atoms with Crippen molar-refractivity contribution in [2.24, 2.45) is 5.18 Å². The molecule has 0 aliphatic rings. The van der Waals surface area contributed by atoms with Crippen molar-refractivity contribution in [2.75, 3.05) is 33.3 Å². The van der Waals surface area contributed by atoms with Gasteiger partial charge < -0.3 is 9.64 Å². The smallest absolute Gasteiger partial charge is 0.416 e. The van der Waals surface area contributed by atoms with Gasteiger partial charge in [-0.25, -0.2) is 0 Å². The number of nitrogens with zero attached hydrogens (tertiary/aromatic N) is 2. The largest absolute Gasteiger partial charge is 0.492 e. The highest BCUT2D eigenvalue weighted by Crippen LogP contribution is 2.33. The molecule has 0 atom stereocenters. The molecular formula is C15H23F3N2O2. The van der Waals surface area contributed by atoms with Crippen molar-refractivity contribution in [2.45, 2.75) is 26.9 Å². The van der Waals surface area contributed by atoms with Crippen LogP contribution in [0.25, 0.3) is 0 Å². The zero-order chi connectivity index (χ0) is 17.2. The molecule has 1 aromatic rings. The number of likely N-dealkylation sites (N-methyl/N-ethyl adjacent to an activating group) is 1. The maximum absolute atomic E-state index is 12.6. The van der Waals surface area contributed by atoms with Crippen molar-refractivity contribution >= 4 is 0 Å². The molecule has 0 aliphatic carbocycles. The van der Waals surface area contributed by atoms with Gasteiger partial charge in [-0.1, -0.05) is 19.0 Å². The third-order valence-corrected chi connectivity index (χ3v) is 2.82. The first-order valence-corrected chi connectivity index (χ1v) is 7.13. The van der Waals surface area contributed by atoms with Gasteiger partial charge in [0.05, 0.1) is 12.1 Å². The molecule has 22 heavy (non-hydrogen) atoms. The molecule has 0 bridgehead atoms. The summed E-state index contributed by atoms with van der Waals surface area (Å²) < 4.78 is 43.1. The van der Waals surface area contributed by atoms with E-state index in [-0.39, 0.29) is 12.1 Å². The van der Waals surface area contributed by atoms with Gasteiger partial charge in [0.1, 0.15) is 12.4 Å². The lowest BCUT2D eigenvalue weighted by atomic mass is 10.1. The molecule has 0 N–H and O–H groups in total. The maximum atomic E-state index is 12.6. The van der Waals surface area contributed by atoms with Gasteiger partial charge in [0.2, 0.25) is 0 Å². The Bertz CT molecular complexity index is 451. The minimum Gasteiger partial charge on any atom is -0.492 e. The molecule has 1 rings (SSSR count). The summed E-state index contributed by atoms with van der Waals surface area (Å²) in [6.45, 7) is 7.03. The molecule has 0 heterocycles. The van der Waals surface area contributed by atoms with Crippen molar-refractivity contribution in [3.8, 4) is 5.75 Å². The number of rotatable bonds is 7. The molecule has 1 aromatic carbocycles. The summed E-state index contributed by atoms with van der Waals surface area (Å²) in [5, 5.41) is 2.75. The summed E-state index contributed by atoms with van der Waals surface area (Å²) in [5.41, 5.74) is -0.521. The Morgan fingerprint density at radius 3 is 2.36 bits per heavy atom. The third-order valence-electron chi connectivity index (χ3n) is 2.82. The van der Waals surface area contributed by atoms with E-state index in [9.17, 15) is 18.1 Å². The molecule has 0 radical (unpaired) electrons. The van der Waals surface area contributed by atoms with Gasteiger partial charge in [-0.05, 0) is 37.7 Å². The molecule has 0 saturated heterocycles. The third kappa shape index (κ3) is 7.40. The molecule has 0 spiro atoms. The summed E-state index contributed by atoms with van der Waals surface area (Å²) in [5.74, 6) is 0.400. The predicted octanol–water partition coefficient (Wildman–Crippen LogP) is 4.12. The zero-order valence-electron chi connectivity index (χ0n) is 13.4. The molecule has 0 saturated carbocycles. The number of halogens is 3. The number of ether oxygens (including phenoxy) is 1. The zero-order valence-corrected chi connectivity index (χ0v) is 13.4. The molecule has 0 fully saturated rings. The molecule has 126 valence electrons. The van der Waals surface area contributed by atoms with Crippen LogP contribution in [0.5, 0.6) is 5.75 Å². The summed E-state index contributed by atoms with van der Waals surface area (Å²) in [6, 6.07) is 3.70. The summed E-state index contributed by atoms with van der Waals surface area (Å²) in [7, 11) is 1.81. The van der Waals surface area contributed by atoms with E-state index >= 15 is 0 Å². The monoisotopic (exact) mass is 320 g/mol. The standard InChI is InChI=1S/C13H17F3N2O2.C2H6/c1-10-9-11(3-4-12(10)13(14,15)16)20-8-7-18(2)6-5-17-19;1-2/h3-4,9H,5-8H2,1-2H3;1-2H3. The van der Waals surface area contributed by atoms with E-state index < -0.39 is 11.7 Å². The minimum absolute atomic E-state index is 0.133. The summed E-state index contributed by atoms with van der Waals surface area (Å²) >= 11 is 0. The molecule has 7 heteroatoms. The topological polar surface area (TPSA) is 41.9 Å². The highest BCUT2D eigenvalue weighted by molar-refractivity contribution is 5.36. The highest BCUT2D eigenvalue weighted by Gasteiger charge is 2.32. The van der Waals surface area contributed by atoms with Crippen molar-refractivity contribution < 1.29 is 17.9 Å². The number of nitroso groups, excluding NO2 is 1. The van der Waals surface area contributed by atoms with Gasteiger partial charge >= 0.3 is 6.18 Å². The molecule has 0 amide bonds. The van der Waals surface area contributed by atoms with E-state index in [0.717, 1.165) is 6.07 Å². The van der Waals surface area contributed by atoms with E-state index in [4.69, 9.17) is 4.74 Å². The first kappa shape index (κ1) is 20.4. The first-order valence-electron chi connectivity index (χ1n) is 7.13. The molecule has 4 nitrogen and oxygen atoms in total. The molecule has 0 aromatic heterocycles. The number of benzene rings is 1. The number of alkyl halides is 3.